The summed E-state index contributed by atoms with van der Waals surface area (Å²) in [7, 11) is 5.56. The van der Waals surface area contributed by atoms with E-state index < -0.39 is 0 Å². The summed E-state index contributed by atoms with van der Waals surface area (Å²) in [4.78, 5) is 8.17. The van der Waals surface area contributed by atoms with E-state index in [4.69, 9.17) is 7.85 Å². The van der Waals surface area contributed by atoms with E-state index in [1.807, 2.05) is 0 Å². The number of hydrogen-bond donors (Lipinski definition) is 0. The van der Waals surface area contributed by atoms with Gasteiger partial charge in [-0.1, -0.05) is 0 Å². The molecule has 2 aromatic rings. The smallest absolute Gasteiger partial charge is 0.144 e. The first-order valence-electron chi connectivity index (χ1n) is 3.86. The quantitative estimate of drug-likeness (QED) is 0.551. The molecular formula is C9H6BFN2. The van der Waals surface area contributed by atoms with Crippen LogP contribution in [0.3, 0.4) is 0 Å². The molecule has 62 valence electrons. The molecule has 0 spiro atoms. The zero-order valence-electron chi connectivity index (χ0n) is 7.08. The van der Waals surface area contributed by atoms with Crippen molar-refractivity contribution < 1.29 is 4.39 Å². The van der Waals surface area contributed by atoms with Crippen molar-refractivity contribution in [2.75, 3.05) is 0 Å². The summed E-state index contributed by atoms with van der Waals surface area (Å²) >= 11 is 0. The highest BCUT2D eigenvalue weighted by molar-refractivity contribution is 6.31. The van der Waals surface area contributed by atoms with Crippen molar-refractivity contribution in [3.63, 3.8) is 0 Å². The Kier molecular flexibility index (Phi) is 1.76. The molecule has 0 bridgehead atoms. The Morgan fingerprint density at radius 2 is 2.00 bits per heavy atom. The number of nitrogens with zero attached hydrogens (tertiary/aromatic N) is 2. The van der Waals surface area contributed by atoms with Crippen molar-refractivity contribution in [1.29, 1.82) is 0 Å². The Morgan fingerprint density at radius 1 is 1.23 bits per heavy atom. The van der Waals surface area contributed by atoms with Gasteiger partial charge in [0.15, 0.2) is 0 Å². The van der Waals surface area contributed by atoms with Crippen LogP contribution in [0.25, 0.3) is 11.0 Å². The van der Waals surface area contributed by atoms with Crippen LogP contribution in [0.2, 0.25) is 0 Å². The van der Waals surface area contributed by atoms with E-state index in [0.717, 1.165) is 0 Å². The van der Waals surface area contributed by atoms with Gasteiger partial charge in [0.2, 0.25) is 0 Å². The highest BCUT2D eigenvalue weighted by atomic mass is 19.1. The molecule has 0 aliphatic rings. The molecule has 0 saturated carbocycles. The predicted molar refractivity (Wildman–Crippen MR) is 49.6 cm³/mol. The molecule has 0 unspecified atom stereocenters. The van der Waals surface area contributed by atoms with E-state index >= 15 is 0 Å². The largest absolute Gasteiger partial charge is 0.261 e. The van der Waals surface area contributed by atoms with Gasteiger partial charge in [0, 0.05) is 17.4 Å². The average molecular weight is 172 g/mol. The highest BCUT2D eigenvalue weighted by Gasteiger charge is 2.01. The van der Waals surface area contributed by atoms with E-state index in [1.165, 1.54) is 12.1 Å². The minimum Gasteiger partial charge on any atom is -0.261 e. The number of rotatable bonds is 0. The Morgan fingerprint density at radius 3 is 2.77 bits per heavy atom. The molecule has 13 heavy (non-hydrogen) atoms. The molecule has 2 radical (unpaired) electrons. The molecule has 0 N–H and O–H groups in total. The first-order valence-corrected chi connectivity index (χ1v) is 3.86. The van der Waals surface area contributed by atoms with Gasteiger partial charge in [0.25, 0.3) is 0 Å². The van der Waals surface area contributed by atoms with Crippen LogP contribution in [0.4, 0.5) is 4.39 Å². The van der Waals surface area contributed by atoms with E-state index in [2.05, 4.69) is 9.97 Å². The van der Waals surface area contributed by atoms with Crippen LogP contribution in [0.5, 0.6) is 0 Å². The summed E-state index contributed by atoms with van der Waals surface area (Å²) in [5.41, 5.74) is 2.16. The summed E-state index contributed by atoms with van der Waals surface area (Å²) in [5.74, 6) is -0.314. The zero-order valence-corrected chi connectivity index (χ0v) is 7.08. The normalized spacial score (nSPS) is 10.6. The fourth-order valence-corrected chi connectivity index (χ4v) is 1.13. The van der Waals surface area contributed by atoms with Crippen LogP contribution in [0.15, 0.2) is 18.2 Å². The van der Waals surface area contributed by atoms with Crippen LogP contribution in [-0.2, 0) is 0 Å². The monoisotopic (exact) mass is 172 g/mol. The fraction of sp³-hybridized carbons (Fsp3) is 0.111. The van der Waals surface area contributed by atoms with Gasteiger partial charge in [-0.15, -0.1) is 0 Å². The first-order chi connectivity index (χ1) is 6.16. The van der Waals surface area contributed by atoms with E-state index in [9.17, 15) is 4.39 Å². The molecule has 0 saturated heterocycles. The van der Waals surface area contributed by atoms with Crippen molar-refractivity contribution in [2.45, 2.75) is 6.92 Å². The SMILES string of the molecule is [B]c1nc2ccc(F)cc2nc1C. The topological polar surface area (TPSA) is 25.8 Å². The van der Waals surface area contributed by atoms with Gasteiger partial charge < -0.3 is 0 Å². The van der Waals surface area contributed by atoms with Gasteiger partial charge in [0.1, 0.15) is 13.7 Å². The van der Waals surface area contributed by atoms with Crippen molar-refractivity contribution >= 4 is 24.5 Å². The lowest BCUT2D eigenvalue weighted by atomic mass is 10.0. The van der Waals surface area contributed by atoms with Crippen molar-refractivity contribution in [3.8, 4) is 0 Å². The lowest BCUT2D eigenvalue weighted by Gasteiger charge is -2.01. The van der Waals surface area contributed by atoms with Gasteiger partial charge in [-0.05, 0) is 19.1 Å². The molecule has 1 heterocycles. The van der Waals surface area contributed by atoms with Crippen molar-refractivity contribution in [3.05, 3.63) is 29.7 Å². The number of fused-ring (bicyclic) bond motifs is 1. The molecular weight excluding hydrogens is 166 g/mol. The van der Waals surface area contributed by atoms with Gasteiger partial charge in [0.05, 0.1) is 11.0 Å². The lowest BCUT2D eigenvalue weighted by Crippen LogP contribution is -2.14. The van der Waals surface area contributed by atoms with Crippen LogP contribution >= 0.6 is 0 Å². The Hall–Kier alpha value is -1.45. The van der Waals surface area contributed by atoms with Crippen LogP contribution in [0.1, 0.15) is 5.69 Å². The van der Waals surface area contributed by atoms with Gasteiger partial charge in [-0.25, -0.2) is 4.39 Å². The molecule has 1 aromatic carbocycles. The molecule has 1 aromatic heterocycles. The van der Waals surface area contributed by atoms with E-state index in [0.29, 0.717) is 22.3 Å². The second-order valence-electron chi connectivity index (χ2n) is 2.83. The summed E-state index contributed by atoms with van der Waals surface area (Å²) in [6, 6.07) is 4.24. The minimum absolute atomic E-state index is 0.314. The maximum absolute atomic E-state index is 12.8. The van der Waals surface area contributed by atoms with E-state index in [-0.39, 0.29) is 5.82 Å². The van der Waals surface area contributed by atoms with Gasteiger partial charge in [-0.2, -0.15) is 0 Å². The molecule has 2 rings (SSSR count). The number of hydrogen-bond acceptors (Lipinski definition) is 2. The zero-order chi connectivity index (χ0) is 9.42. The predicted octanol–water partition coefficient (Wildman–Crippen LogP) is 0.871. The number of halogens is 1. The summed E-state index contributed by atoms with van der Waals surface area (Å²) in [6.07, 6.45) is 0. The Bertz CT molecular complexity index is 470. The molecule has 0 aliphatic heterocycles. The molecule has 4 heteroatoms. The van der Waals surface area contributed by atoms with Crippen molar-refractivity contribution in [2.24, 2.45) is 0 Å². The van der Waals surface area contributed by atoms with Gasteiger partial charge in [-0.3, -0.25) is 9.97 Å². The van der Waals surface area contributed by atoms with E-state index in [1.54, 1.807) is 13.0 Å². The standard InChI is InChI=1S/C9H6BFN2/c1-5-9(10)13-7-3-2-6(11)4-8(7)12-5/h2-4H,1H3. The number of benzene rings is 1. The minimum atomic E-state index is -0.314. The van der Waals surface area contributed by atoms with Crippen LogP contribution in [0, 0.1) is 12.7 Å². The Labute approximate surface area is 76.2 Å². The highest BCUT2D eigenvalue weighted by Crippen LogP contribution is 2.09. The maximum Gasteiger partial charge on any atom is 0.144 e. The van der Waals surface area contributed by atoms with Crippen molar-refractivity contribution in [1.82, 2.24) is 9.97 Å². The van der Waals surface area contributed by atoms with Gasteiger partial charge >= 0.3 is 0 Å². The second kappa shape index (κ2) is 2.80. The fourth-order valence-electron chi connectivity index (χ4n) is 1.13. The summed E-state index contributed by atoms with van der Waals surface area (Å²) in [5, 5.41) is 0. The third-order valence-electron chi connectivity index (χ3n) is 1.84. The summed E-state index contributed by atoms with van der Waals surface area (Å²) < 4.78 is 12.8. The maximum atomic E-state index is 12.8. The van der Waals surface area contributed by atoms with Crippen LogP contribution < -0.4 is 5.59 Å². The molecule has 0 amide bonds. The van der Waals surface area contributed by atoms with Crippen LogP contribution in [-0.4, -0.2) is 17.8 Å². The number of aromatic nitrogens is 2. The second-order valence-corrected chi connectivity index (χ2v) is 2.83. The lowest BCUT2D eigenvalue weighted by molar-refractivity contribution is 0.629. The molecule has 0 fully saturated rings. The molecule has 0 atom stereocenters. The molecule has 2 nitrogen and oxygen atoms in total. The summed E-state index contributed by atoms with van der Waals surface area (Å²) in [6.45, 7) is 1.74. The number of aryl methyl sites for hydroxylation is 1. The molecule has 0 aliphatic carbocycles. The third-order valence-corrected chi connectivity index (χ3v) is 1.84. The third kappa shape index (κ3) is 1.39. The first kappa shape index (κ1) is 8.17. The average Bonchev–Trinajstić information content (AvgIpc) is 2.08. The Balaban J connectivity index is 2.81.